The standard InChI is InChI=1S/C15H29N3S/c1-4-5-6-7-8-9-10-14-17-18-15(19-14)11-12-16-13(2)3/h13,16H,4-12H2,1-3H3. The SMILES string of the molecule is CCCCCCCCc1nnc(CCNC(C)C)s1. The van der Waals surface area contributed by atoms with E-state index < -0.39 is 0 Å². The topological polar surface area (TPSA) is 37.8 Å². The predicted octanol–water partition coefficient (Wildman–Crippen LogP) is 3.98. The lowest BCUT2D eigenvalue weighted by Gasteiger charge is -2.05. The van der Waals surface area contributed by atoms with Crippen LogP contribution in [0.1, 0.15) is 69.3 Å². The second-order valence-electron chi connectivity index (χ2n) is 5.47. The van der Waals surface area contributed by atoms with Crippen molar-refractivity contribution in [3.8, 4) is 0 Å². The Hall–Kier alpha value is -0.480. The third-order valence-electron chi connectivity index (χ3n) is 3.14. The second kappa shape index (κ2) is 10.3. The van der Waals surface area contributed by atoms with Gasteiger partial charge in [0.05, 0.1) is 0 Å². The van der Waals surface area contributed by atoms with Gasteiger partial charge in [-0.25, -0.2) is 0 Å². The van der Waals surface area contributed by atoms with Gasteiger partial charge < -0.3 is 5.32 Å². The van der Waals surface area contributed by atoms with Crippen LogP contribution in [-0.4, -0.2) is 22.8 Å². The van der Waals surface area contributed by atoms with Gasteiger partial charge in [-0.05, 0) is 6.42 Å². The lowest BCUT2D eigenvalue weighted by Crippen LogP contribution is -2.24. The summed E-state index contributed by atoms with van der Waals surface area (Å²) in [6, 6.07) is 0.551. The van der Waals surface area contributed by atoms with E-state index in [2.05, 4.69) is 36.3 Å². The van der Waals surface area contributed by atoms with Crippen LogP contribution in [0.5, 0.6) is 0 Å². The first-order chi connectivity index (χ1) is 9.22. The number of aromatic nitrogens is 2. The van der Waals surface area contributed by atoms with E-state index in [9.17, 15) is 0 Å². The zero-order valence-electron chi connectivity index (χ0n) is 12.7. The van der Waals surface area contributed by atoms with Gasteiger partial charge in [0.15, 0.2) is 0 Å². The molecule has 0 unspecified atom stereocenters. The number of hydrogen-bond acceptors (Lipinski definition) is 4. The van der Waals surface area contributed by atoms with Gasteiger partial charge in [-0.2, -0.15) is 0 Å². The maximum absolute atomic E-state index is 4.29. The number of nitrogens with one attached hydrogen (secondary N) is 1. The molecule has 0 radical (unpaired) electrons. The van der Waals surface area contributed by atoms with Crippen LogP contribution in [0.15, 0.2) is 0 Å². The zero-order chi connectivity index (χ0) is 13.9. The Bertz CT molecular complexity index is 323. The molecule has 0 aromatic carbocycles. The van der Waals surface area contributed by atoms with Crippen molar-refractivity contribution in [1.82, 2.24) is 15.5 Å². The normalized spacial score (nSPS) is 11.4. The molecule has 4 heteroatoms. The van der Waals surface area contributed by atoms with Crippen molar-refractivity contribution in [2.75, 3.05) is 6.54 Å². The molecular weight excluding hydrogens is 254 g/mol. The number of nitrogens with zero attached hydrogens (tertiary/aromatic N) is 2. The summed E-state index contributed by atoms with van der Waals surface area (Å²) in [6.07, 6.45) is 10.2. The summed E-state index contributed by atoms with van der Waals surface area (Å²) in [5.41, 5.74) is 0. The molecule has 1 aromatic rings. The van der Waals surface area contributed by atoms with Crippen LogP contribution in [0, 0.1) is 0 Å². The highest BCUT2D eigenvalue weighted by Crippen LogP contribution is 2.14. The van der Waals surface area contributed by atoms with E-state index in [0.717, 1.165) is 19.4 Å². The Balaban J connectivity index is 2.09. The number of hydrogen-bond donors (Lipinski definition) is 1. The third kappa shape index (κ3) is 8.32. The summed E-state index contributed by atoms with van der Waals surface area (Å²) >= 11 is 1.79. The van der Waals surface area contributed by atoms with Crippen LogP contribution < -0.4 is 5.32 Å². The highest BCUT2D eigenvalue weighted by atomic mass is 32.1. The van der Waals surface area contributed by atoms with Gasteiger partial charge in [0.1, 0.15) is 10.0 Å². The molecule has 0 aliphatic heterocycles. The van der Waals surface area contributed by atoms with Crippen molar-refractivity contribution < 1.29 is 0 Å². The van der Waals surface area contributed by atoms with Crippen molar-refractivity contribution in [2.45, 2.75) is 78.2 Å². The summed E-state index contributed by atoms with van der Waals surface area (Å²) in [5, 5.41) is 14.4. The average Bonchev–Trinajstić information content (AvgIpc) is 2.81. The van der Waals surface area contributed by atoms with E-state index in [4.69, 9.17) is 0 Å². The van der Waals surface area contributed by atoms with E-state index in [1.807, 2.05) is 0 Å². The number of aryl methyl sites for hydroxylation is 1. The van der Waals surface area contributed by atoms with Crippen LogP contribution in [0.3, 0.4) is 0 Å². The Labute approximate surface area is 122 Å². The quantitative estimate of drug-likeness (QED) is 0.624. The molecule has 0 aliphatic rings. The molecule has 3 nitrogen and oxygen atoms in total. The molecule has 0 saturated heterocycles. The minimum atomic E-state index is 0.551. The molecule has 0 atom stereocenters. The summed E-state index contributed by atoms with van der Waals surface area (Å²) in [4.78, 5) is 0. The zero-order valence-corrected chi connectivity index (χ0v) is 13.6. The molecule has 1 heterocycles. The van der Waals surface area contributed by atoms with Gasteiger partial charge in [-0.3, -0.25) is 0 Å². The summed E-state index contributed by atoms with van der Waals surface area (Å²) in [7, 11) is 0. The van der Waals surface area contributed by atoms with Gasteiger partial charge in [0.25, 0.3) is 0 Å². The minimum absolute atomic E-state index is 0.551. The van der Waals surface area contributed by atoms with Crippen molar-refractivity contribution in [3.63, 3.8) is 0 Å². The van der Waals surface area contributed by atoms with Crippen LogP contribution in [-0.2, 0) is 12.8 Å². The van der Waals surface area contributed by atoms with E-state index in [0.29, 0.717) is 6.04 Å². The molecule has 0 bridgehead atoms. The highest BCUT2D eigenvalue weighted by molar-refractivity contribution is 7.11. The summed E-state index contributed by atoms with van der Waals surface area (Å²) < 4.78 is 0. The molecule has 0 fully saturated rings. The van der Waals surface area contributed by atoms with Gasteiger partial charge >= 0.3 is 0 Å². The number of unbranched alkanes of at least 4 members (excludes halogenated alkanes) is 5. The largest absolute Gasteiger partial charge is 0.314 e. The molecule has 1 N–H and O–H groups in total. The molecule has 0 spiro atoms. The highest BCUT2D eigenvalue weighted by Gasteiger charge is 2.04. The first kappa shape index (κ1) is 16.6. The smallest absolute Gasteiger partial charge is 0.118 e. The fourth-order valence-corrected chi connectivity index (χ4v) is 2.90. The van der Waals surface area contributed by atoms with E-state index >= 15 is 0 Å². The van der Waals surface area contributed by atoms with E-state index in [1.54, 1.807) is 11.3 Å². The molecule has 0 amide bonds. The predicted molar refractivity (Wildman–Crippen MR) is 83.8 cm³/mol. The molecule has 0 aliphatic carbocycles. The lowest BCUT2D eigenvalue weighted by atomic mass is 10.1. The van der Waals surface area contributed by atoms with Crippen molar-refractivity contribution >= 4 is 11.3 Å². The molecule has 1 aromatic heterocycles. The number of rotatable bonds is 11. The Morgan fingerprint density at radius 3 is 2.26 bits per heavy atom. The van der Waals surface area contributed by atoms with Gasteiger partial charge in [0, 0.05) is 25.4 Å². The maximum atomic E-state index is 4.29. The summed E-state index contributed by atoms with van der Waals surface area (Å²) in [5.74, 6) is 0. The van der Waals surface area contributed by atoms with Crippen molar-refractivity contribution in [3.05, 3.63) is 10.0 Å². The second-order valence-corrected chi connectivity index (χ2v) is 6.61. The lowest BCUT2D eigenvalue weighted by molar-refractivity contribution is 0.588. The molecule has 0 saturated carbocycles. The Morgan fingerprint density at radius 1 is 0.947 bits per heavy atom. The first-order valence-corrected chi connectivity index (χ1v) is 8.58. The van der Waals surface area contributed by atoms with Crippen molar-refractivity contribution in [1.29, 1.82) is 0 Å². The fraction of sp³-hybridized carbons (Fsp3) is 0.867. The van der Waals surface area contributed by atoms with E-state index in [1.165, 1.54) is 48.5 Å². The maximum Gasteiger partial charge on any atom is 0.118 e. The molecular formula is C15H29N3S. The average molecular weight is 283 g/mol. The van der Waals surface area contributed by atoms with Crippen LogP contribution in [0.2, 0.25) is 0 Å². The van der Waals surface area contributed by atoms with Crippen LogP contribution in [0.25, 0.3) is 0 Å². The minimum Gasteiger partial charge on any atom is -0.314 e. The van der Waals surface area contributed by atoms with Gasteiger partial charge in [-0.1, -0.05) is 52.9 Å². The first-order valence-electron chi connectivity index (χ1n) is 7.77. The van der Waals surface area contributed by atoms with Crippen molar-refractivity contribution in [2.24, 2.45) is 0 Å². The van der Waals surface area contributed by atoms with E-state index in [-0.39, 0.29) is 0 Å². The summed E-state index contributed by atoms with van der Waals surface area (Å²) in [6.45, 7) is 7.61. The molecule has 19 heavy (non-hydrogen) atoms. The van der Waals surface area contributed by atoms with Crippen LogP contribution >= 0.6 is 11.3 Å². The van der Waals surface area contributed by atoms with Gasteiger partial charge in [-0.15, -0.1) is 21.5 Å². The van der Waals surface area contributed by atoms with Gasteiger partial charge in [0.2, 0.25) is 0 Å². The molecule has 110 valence electrons. The monoisotopic (exact) mass is 283 g/mol. The Kier molecular flexibility index (Phi) is 9.01. The van der Waals surface area contributed by atoms with Crippen LogP contribution in [0.4, 0.5) is 0 Å². The molecule has 1 rings (SSSR count). The Morgan fingerprint density at radius 2 is 1.58 bits per heavy atom. The fourth-order valence-electron chi connectivity index (χ4n) is 2.01. The third-order valence-corrected chi connectivity index (χ3v) is 4.19.